The van der Waals surface area contributed by atoms with Crippen molar-refractivity contribution < 1.29 is 45.3 Å². The van der Waals surface area contributed by atoms with Crippen molar-refractivity contribution in [2.24, 2.45) is 17.3 Å². The number of esters is 1. The van der Waals surface area contributed by atoms with E-state index in [2.05, 4.69) is 36.4 Å². The standard InChI is InChI=1S/C21H44NO2.C7H15NO2.C7H15NO.BrH/c1-7-9-10-11-12-13-14-15-16-17-18-22(5,6)19-24-20(23)21(3,4)8-2;1-4-6(2)7(9)8-5-10-3;1-4-6(3)7(9)8-5-2;/h7-19H2,1-6H3;6H,4-5H2,1-3H3,(H,8,9);6H,4-5H2,1-3H3,(H,8,9);1H/q+1;;;/p-1. The van der Waals surface area contributed by atoms with Gasteiger partial charge in [0.15, 0.2) is 0 Å². The maximum Gasteiger partial charge on any atom is 0.315 e. The van der Waals surface area contributed by atoms with E-state index in [4.69, 9.17) is 4.74 Å². The molecule has 2 atom stereocenters. The highest BCUT2D eigenvalue weighted by molar-refractivity contribution is 5.78. The van der Waals surface area contributed by atoms with Crippen LogP contribution in [-0.2, 0) is 23.9 Å². The quantitative estimate of drug-likeness (QED) is 0.0732. The van der Waals surface area contributed by atoms with Crippen LogP contribution in [0, 0.1) is 17.3 Å². The van der Waals surface area contributed by atoms with Gasteiger partial charge < -0.3 is 37.1 Å². The molecule has 266 valence electrons. The van der Waals surface area contributed by atoms with Gasteiger partial charge in [0.1, 0.15) is 6.73 Å². The van der Waals surface area contributed by atoms with E-state index in [9.17, 15) is 14.4 Å². The summed E-state index contributed by atoms with van der Waals surface area (Å²) in [5.41, 5.74) is -0.364. The van der Waals surface area contributed by atoms with Crippen LogP contribution in [0.1, 0.15) is 146 Å². The van der Waals surface area contributed by atoms with Crippen molar-refractivity contribution in [1.29, 1.82) is 0 Å². The molecule has 0 aliphatic rings. The fourth-order valence-electron chi connectivity index (χ4n) is 3.70. The third-order valence-corrected chi connectivity index (χ3v) is 7.96. The number of methoxy groups -OCH3 is 1. The molecule has 0 aromatic carbocycles. The Morgan fingerprint density at radius 2 is 1.16 bits per heavy atom. The number of amides is 2. The molecule has 44 heavy (non-hydrogen) atoms. The minimum Gasteiger partial charge on any atom is -1.00 e. The van der Waals surface area contributed by atoms with Crippen LogP contribution in [0.2, 0.25) is 0 Å². The maximum absolute atomic E-state index is 12.1. The van der Waals surface area contributed by atoms with Gasteiger partial charge in [0.2, 0.25) is 18.5 Å². The lowest BCUT2D eigenvalue weighted by molar-refractivity contribution is -0.907. The summed E-state index contributed by atoms with van der Waals surface area (Å²) in [4.78, 5) is 33.9. The maximum atomic E-state index is 12.1. The second-order valence-corrected chi connectivity index (χ2v) is 13.1. The van der Waals surface area contributed by atoms with Crippen LogP contribution in [0.4, 0.5) is 0 Å². The van der Waals surface area contributed by atoms with Gasteiger partial charge in [0.25, 0.3) is 0 Å². The number of hydrogen-bond donors (Lipinski definition) is 2. The van der Waals surface area contributed by atoms with E-state index < -0.39 is 0 Å². The summed E-state index contributed by atoms with van der Waals surface area (Å²) in [7, 11) is 5.86. The first-order chi connectivity index (χ1) is 20.2. The molecular formula is C35H74BrN3O5. The highest BCUT2D eigenvalue weighted by Crippen LogP contribution is 2.22. The fourth-order valence-corrected chi connectivity index (χ4v) is 3.70. The van der Waals surface area contributed by atoms with Gasteiger partial charge >= 0.3 is 5.97 Å². The SMILES string of the molecule is CCC(C)C(=O)NCOC.CCCCCCCCCCCC[N+](C)(C)COC(=O)C(C)(C)CC.CCNC(=O)C(C)CC.[Br-]. The van der Waals surface area contributed by atoms with E-state index in [0.717, 1.165) is 36.8 Å². The van der Waals surface area contributed by atoms with Crippen LogP contribution in [0.3, 0.4) is 0 Å². The molecule has 8 nitrogen and oxygen atoms in total. The molecule has 0 radical (unpaired) electrons. The summed E-state index contributed by atoms with van der Waals surface area (Å²) in [5.74, 6) is 0.420. The summed E-state index contributed by atoms with van der Waals surface area (Å²) in [6, 6.07) is 0. The molecule has 0 saturated heterocycles. The minimum atomic E-state index is -0.364. The zero-order valence-corrected chi connectivity index (χ0v) is 32.6. The molecule has 0 aliphatic heterocycles. The number of unbranched alkanes of at least 4 members (excludes halogenated alkanes) is 9. The lowest BCUT2D eigenvalue weighted by Gasteiger charge is -2.30. The molecule has 2 amide bonds. The molecule has 2 unspecified atom stereocenters. The number of carbonyl (C=O) groups excluding carboxylic acids is 3. The normalized spacial score (nSPS) is 12.3. The number of carbonyl (C=O) groups is 3. The van der Waals surface area contributed by atoms with E-state index in [0.29, 0.717) is 13.5 Å². The van der Waals surface area contributed by atoms with Crippen molar-refractivity contribution in [3.05, 3.63) is 0 Å². The Morgan fingerprint density at radius 3 is 1.55 bits per heavy atom. The monoisotopic (exact) mass is 695 g/mol. The molecule has 0 aromatic rings. The molecule has 0 saturated carbocycles. The smallest absolute Gasteiger partial charge is 0.315 e. The van der Waals surface area contributed by atoms with Gasteiger partial charge in [0, 0.05) is 25.5 Å². The van der Waals surface area contributed by atoms with Gasteiger partial charge in [-0.25, -0.2) is 0 Å². The van der Waals surface area contributed by atoms with Gasteiger partial charge in [-0.05, 0) is 52.9 Å². The second-order valence-electron chi connectivity index (χ2n) is 13.1. The Bertz CT molecular complexity index is 689. The average Bonchev–Trinajstić information content (AvgIpc) is 2.99. The molecule has 0 aliphatic carbocycles. The van der Waals surface area contributed by atoms with E-state index in [1.807, 2.05) is 55.4 Å². The zero-order valence-electron chi connectivity index (χ0n) is 31.0. The van der Waals surface area contributed by atoms with E-state index in [1.165, 1.54) is 64.2 Å². The molecule has 0 spiro atoms. The average molecular weight is 697 g/mol. The van der Waals surface area contributed by atoms with E-state index >= 15 is 0 Å². The summed E-state index contributed by atoms with van der Waals surface area (Å²) in [5, 5.41) is 5.38. The topological polar surface area (TPSA) is 93.7 Å². The number of quaternary nitrogens is 1. The number of hydrogen-bond acceptors (Lipinski definition) is 5. The van der Waals surface area contributed by atoms with E-state index in [1.54, 1.807) is 7.11 Å². The highest BCUT2D eigenvalue weighted by atomic mass is 79.9. The first-order valence-electron chi connectivity index (χ1n) is 17.2. The molecule has 0 aromatic heterocycles. The molecule has 0 heterocycles. The van der Waals surface area contributed by atoms with Gasteiger partial charge in [-0.15, -0.1) is 0 Å². The number of rotatable bonds is 22. The van der Waals surface area contributed by atoms with Gasteiger partial charge in [-0.2, -0.15) is 0 Å². The minimum absolute atomic E-state index is 0. The van der Waals surface area contributed by atoms with Gasteiger partial charge in [0.05, 0.1) is 26.1 Å². The summed E-state index contributed by atoms with van der Waals surface area (Å²) >= 11 is 0. The Morgan fingerprint density at radius 1 is 0.727 bits per heavy atom. The number of nitrogens with one attached hydrogen (secondary N) is 2. The highest BCUT2D eigenvalue weighted by Gasteiger charge is 2.29. The summed E-state index contributed by atoms with van der Waals surface area (Å²) in [6.07, 6.45) is 16.2. The third-order valence-electron chi connectivity index (χ3n) is 7.96. The first kappa shape index (κ1) is 49.7. The lowest BCUT2D eigenvalue weighted by Crippen LogP contribution is -3.00. The Labute approximate surface area is 283 Å². The molecule has 2 N–H and O–H groups in total. The van der Waals surface area contributed by atoms with E-state index in [-0.39, 0.29) is 52.0 Å². The molecule has 0 bridgehead atoms. The molecule has 0 rings (SSSR count). The zero-order chi connectivity index (χ0) is 33.7. The number of nitrogens with zero attached hydrogens (tertiary/aromatic N) is 1. The second kappa shape index (κ2) is 31.8. The Balaban J connectivity index is -0.000000329. The fraction of sp³-hybridized carbons (Fsp3) is 0.914. The largest absolute Gasteiger partial charge is 1.00 e. The molecular weight excluding hydrogens is 622 g/mol. The van der Waals surface area contributed by atoms with Crippen LogP contribution in [-0.4, -0.2) is 70.0 Å². The van der Waals surface area contributed by atoms with Gasteiger partial charge in [-0.1, -0.05) is 92.9 Å². The predicted octanol–water partition coefficient (Wildman–Crippen LogP) is 4.85. The van der Waals surface area contributed by atoms with Crippen LogP contribution in [0.5, 0.6) is 0 Å². The number of ether oxygens (including phenoxy) is 2. The molecule has 9 heteroatoms. The van der Waals surface area contributed by atoms with Crippen molar-refractivity contribution in [3.63, 3.8) is 0 Å². The first-order valence-corrected chi connectivity index (χ1v) is 17.2. The van der Waals surface area contributed by atoms with Crippen LogP contribution >= 0.6 is 0 Å². The van der Waals surface area contributed by atoms with Crippen LogP contribution in [0.25, 0.3) is 0 Å². The van der Waals surface area contributed by atoms with Crippen molar-refractivity contribution >= 4 is 17.8 Å². The van der Waals surface area contributed by atoms with Crippen LogP contribution < -0.4 is 27.6 Å². The Kier molecular flexibility index (Phi) is 35.9. The van der Waals surface area contributed by atoms with Crippen molar-refractivity contribution in [3.8, 4) is 0 Å². The predicted molar refractivity (Wildman–Crippen MR) is 181 cm³/mol. The Hall–Kier alpha value is -1.19. The lowest BCUT2D eigenvalue weighted by atomic mass is 9.91. The van der Waals surface area contributed by atoms with Gasteiger partial charge in [-0.3, -0.25) is 18.9 Å². The molecule has 0 fully saturated rings. The van der Waals surface area contributed by atoms with Crippen molar-refractivity contribution in [2.45, 2.75) is 146 Å². The number of halogens is 1. The van der Waals surface area contributed by atoms with Crippen molar-refractivity contribution in [2.75, 3.05) is 47.8 Å². The summed E-state index contributed by atoms with van der Waals surface area (Å²) < 4.78 is 11.0. The van der Waals surface area contributed by atoms with Crippen LogP contribution in [0.15, 0.2) is 0 Å². The summed E-state index contributed by atoms with van der Waals surface area (Å²) in [6.45, 7) is 20.6. The third kappa shape index (κ3) is 30.8. The van der Waals surface area contributed by atoms with Crippen molar-refractivity contribution in [1.82, 2.24) is 10.6 Å².